The lowest BCUT2D eigenvalue weighted by Crippen LogP contribution is -2.23. The maximum atomic E-state index is 12.4. The third-order valence-electron chi connectivity index (χ3n) is 4.36. The average molecular weight is 378 g/mol. The molecule has 1 aromatic heterocycles. The smallest absolute Gasteiger partial charge is 0.234 e. The molecule has 1 fully saturated rings. The van der Waals surface area contributed by atoms with Gasteiger partial charge in [-0.3, -0.25) is 9.59 Å². The minimum absolute atomic E-state index is 0.118. The first kappa shape index (κ1) is 17.5. The molecule has 0 atom stereocenters. The van der Waals surface area contributed by atoms with Crippen molar-refractivity contribution in [1.29, 1.82) is 0 Å². The van der Waals surface area contributed by atoms with Crippen LogP contribution in [0.2, 0.25) is 0 Å². The van der Waals surface area contributed by atoms with Crippen molar-refractivity contribution in [2.24, 2.45) is 0 Å². The molecule has 0 bridgehead atoms. The van der Waals surface area contributed by atoms with Crippen molar-refractivity contribution in [3.05, 3.63) is 54.9 Å². The summed E-state index contributed by atoms with van der Waals surface area (Å²) < 4.78 is 0. The molecule has 7 heteroatoms. The number of rotatable bonds is 5. The maximum absolute atomic E-state index is 12.4. The van der Waals surface area contributed by atoms with Crippen LogP contribution in [0.5, 0.6) is 0 Å². The van der Waals surface area contributed by atoms with Crippen molar-refractivity contribution in [3.63, 3.8) is 0 Å². The molecule has 0 saturated carbocycles. The fourth-order valence-corrected chi connectivity index (χ4v) is 3.89. The lowest BCUT2D eigenvalue weighted by Gasteiger charge is -2.16. The van der Waals surface area contributed by atoms with Crippen molar-refractivity contribution in [1.82, 2.24) is 9.97 Å². The van der Waals surface area contributed by atoms with Crippen molar-refractivity contribution in [2.75, 3.05) is 22.5 Å². The summed E-state index contributed by atoms with van der Waals surface area (Å²) in [4.78, 5) is 34.5. The van der Waals surface area contributed by atoms with Crippen LogP contribution in [-0.4, -0.2) is 34.1 Å². The van der Waals surface area contributed by atoms with Gasteiger partial charge in [0.25, 0.3) is 0 Å². The Labute approximate surface area is 161 Å². The predicted octanol–water partition coefficient (Wildman–Crippen LogP) is 3.49. The molecule has 2 amide bonds. The minimum atomic E-state index is -0.118. The molecule has 0 spiro atoms. The molecule has 3 aromatic rings. The summed E-state index contributed by atoms with van der Waals surface area (Å²) in [5.41, 5.74) is 2.37. The first-order valence-electron chi connectivity index (χ1n) is 8.73. The number of thioether (sulfide) groups is 1. The second-order valence-corrected chi connectivity index (χ2v) is 7.20. The van der Waals surface area contributed by atoms with Crippen molar-refractivity contribution in [3.8, 4) is 0 Å². The van der Waals surface area contributed by atoms with Crippen LogP contribution in [-0.2, 0) is 9.59 Å². The van der Waals surface area contributed by atoms with E-state index in [1.807, 2.05) is 48.5 Å². The Morgan fingerprint density at radius 1 is 1.15 bits per heavy atom. The number of aromatic nitrogens is 2. The van der Waals surface area contributed by atoms with E-state index in [0.717, 1.165) is 34.6 Å². The predicted molar refractivity (Wildman–Crippen MR) is 107 cm³/mol. The summed E-state index contributed by atoms with van der Waals surface area (Å²) in [7, 11) is 0. The monoisotopic (exact) mass is 378 g/mol. The van der Waals surface area contributed by atoms with E-state index in [2.05, 4.69) is 15.3 Å². The molecule has 1 aliphatic rings. The van der Waals surface area contributed by atoms with Crippen LogP contribution < -0.4 is 10.2 Å². The van der Waals surface area contributed by atoms with Gasteiger partial charge in [0.2, 0.25) is 11.8 Å². The van der Waals surface area contributed by atoms with Gasteiger partial charge in [0.1, 0.15) is 11.4 Å². The Bertz CT molecular complexity index is 1000. The summed E-state index contributed by atoms with van der Waals surface area (Å²) in [6.07, 6.45) is 2.97. The molecule has 0 radical (unpaired) electrons. The standard InChI is InChI=1S/C20H18N4O2S/c25-18(12-27-20-16-7-1-2-8-17(16)21-13-22-20)23-14-5-3-6-15(11-14)24-10-4-9-19(24)26/h1-3,5-8,11,13H,4,9-10,12H2,(H,23,25). The number of hydrogen-bond acceptors (Lipinski definition) is 5. The third kappa shape index (κ3) is 3.93. The van der Waals surface area contributed by atoms with Gasteiger partial charge in [0, 0.05) is 29.7 Å². The number of nitrogens with zero attached hydrogens (tertiary/aromatic N) is 3. The van der Waals surface area contributed by atoms with E-state index >= 15 is 0 Å². The number of carbonyl (C=O) groups is 2. The van der Waals surface area contributed by atoms with Gasteiger partial charge in [0.05, 0.1) is 11.3 Å². The molecule has 2 heterocycles. The van der Waals surface area contributed by atoms with Crippen LogP contribution in [0.3, 0.4) is 0 Å². The van der Waals surface area contributed by atoms with Crippen LogP contribution in [0.1, 0.15) is 12.8 Å². The van der Waals surface area contributed by atoms with Crippen LogP contribution in [0.25, 0.3) is 10.9 Å². The Hall–Kier alpha value is -2.93. The lowest BCUT2D eigenvalue weighted by molar-refractivity contribution is -0.117. The zero-order valence-corrected chi connectivity index (χ0v) is 15.4. The van der Waals surface area contributed by atoms with E-state index in [-0.39, 0.29) is 17.6 Å². The van der Waals surface area contributed by atoms with E-state index in [0.29, 0.717) is 12.1 Å². The first-order chi connectivity index (χ1) is 13.2. The van der Waals surface area contributed by atoms with Crippen molar-refractivity contribution < 1.29 is 9.59 Å². The molecule has 1 saturated heterocycles. The van der Waals surface area contributed by atoms with Gasteiger partial charge in [-0.05, 0) is 30.7 Å². The van der Waals surface area contributed by atoms with E-state index in [9.17, 15) is 9.59 Å². The molecule has 0 aliphatic carbocycles. The van der Waals surface area contributed by atoms with E-state index < -0.39 is 0 Å². The van der Waals surface area contributed by atoms with Gasteiger partial charge in [0.15, 0.2) is 0 Å². The number of hydrogen-bond donors (Lipinski definition) is 1. The average Bonchev–Trinajstić information content (AvgIpc) is 3.12. The zero-order valence-electron chi connectivity index (χ0n) is 14.6. The highest BCUT2D eigenvalue weighted by Gasteiger charge is 2.21. The number of anilines is 2. The number of carbonyl (C=O) groups excluding carboxylic acids is 2. The molecule has 1 aliphatic heterocycles. The molecule has 6 nitrogen and oxygen atoms in total. The van der Waals surface area contributed by atoms with Gasteiger partial charge < -0.3 is 10.2 Å². The Morgan fingerprint density at radius 3 is 2.89 bits per heavy atom. The lowest BCUT2D eigenvalue weighted by atomic mass is 10.2. The highest BCUT2D eigenvalue weighted by atomic mass is 32.2. The van der Waals surface area contributed by atoms with Gasteiger partial charge in [-0.2, -0.15) is 0 Å². The second-order valence-electron chi connectivity index (χ2n) is 6.23. The van der Waals surface area contributed by atoms with Crippen LogP contribution in [0, 0.1) is 0 Å². The summed E-state index contributed by atoms with van der Waals surface area (Å²) >= 11 is 1.38. The fraction of sp³-hybridized carbons (Fsp3) is 0.200. The number of fused-ring (bicyclic) bond motifs is 1. The molecule has 2 aromatic carbocycles. The largest absolute Gasteiger partial charge is 0.325 e. The summed E-state index contributed by atoms with van der Waals surface area (Å²) in [6.45, 7) is 0.729. The maximum Gasteiger partial charge on any atom is 0.234 e. The van der Waals surface area contributed by atoms with Crippen molar-refractivity contribution >= 4 is 45.9 Å². The molecule has 1 N–H and O–H groups in total. The summed E-state index contributed by atoms with van der Waals surface area (Å²) in [5, 5.41) is 4.62. The van der Waals surface area contributed by atoms with Gasteiger partial charge in [-0.1, -0.05) is 36.0 Å². The Balaban J connectivity index is 1.42. The number of benzene rings is 2. The number of para-hydroxylation sites is 1. The van der Waals surface area contributed by atoms with E-state index in [4.69, 9.17) is 0 Å². The highest BCUT2D eigenvalue weighted by molar-refractivity contribution is 8.00. The SMILES string of the molecule is O=C(CSc1ncnc2ccccc12)Nc1cccc(N2CCCC2=O)c1. The molecule has 4 rings (SSSR count). The van der Waals surface area contributed by atoms with Crippen LogP contribution in [0.4, 0.5) is 11.4 Å². The molecule has 27 heavy (non-hydrogen) atoms. The minimum Gasteiger partial charge on any atom is -0.325 e. The normalized spacial score (nSPS) is 13.9. The first-order valence-corrected chi connectivity index (χ1v) is 9.72. The zero-order chi connectivity index (χ0) is 18.6. The third-order valence-corrected chi connectivity index (χ3v) is 5.37. The highest BCUT2D eigenvalue weighted by Crippen LogP contribution is 2.26. The Kier molecular flexibility index (Phi) is 5.02. The van der Waals surface area contributed by atoms with Gasteiger partial charge >= 0.3 is 0 Å². The summed E-state index contributed by atoms with van der Waals surface area (Å²) in [6, 6.07) is 15.1. The second kappa shape index (κ2) is 7.75. The topological polar surface area (TPSA) is 75.2 Å². The number of nitrogens with one attached hydrogen (secondary N) is 1. The van der Waals surface area contributed by atoms with Gasteiger partial charge in [-0.15, -0.1) is 0 Å². The molecule has 136 valence electrons. The summed E-state index contributed by atoms with van der Waals surface area (Å²) in [5.74, 6) is 0.255. The van der Waals surface area contributed by atoms with E-state index in [1.54, 1.807) is 4.90 Å². The molecule has 0 unspecified atom stereocenters. The van der Waals surface area contributed by atoms with Crippen molar-refractivity contribution in [2.45, 2.75) is 17.9 Å². The Morgan fingerprint density at radius 2 is 2.04 bits per heavy atom. The molecular weight excluding hydrogens is 360 g/mol. The van der Waals surface area contributed by atoms with Crippen LogP contribution in [0.15, 0.2) is 59.9 Å². The van der Waals surface area contributed by atoms with E-state index in [1.165, 1.54) is 18.1 Å². The van der Waals surface area contributed by atoms with Crippen LogP contribution >= 0.6 is 11.8 Å². The molecular formula is C20H18N4O2S. The number of amides is 2. The fourth-order valence-electron chi connectivity index (χ4n) is 3.10. The van der Waals surface area contributed by atoms with Gasteiger partial charge in [-0.25, -0.2) is 9.97 Å². The quantitative estimate of drug-likeness (QED) is 0.543.